The monoisotopic (exact) mass is 141 g/mol. The third-order valence-electron chi connectivity index (χ3n) is 0.685. The van der Waals surface area contributed by atoms with Gasteiger partial charge in [0.25, 0.3) is 0 Å². The number of nitrogens with zero attached hydrogens (tertiary/aromatic N) is 1. The van der Waals surface area contributed by atoms with Crippen LogP contribution in [0.3, 0.4) is 0 Å². The molecule has 0 radical (unpaired) electrons. The predicted molar refractivity (Wildman–Crippen MR) is 46.0 cm³/mol. The molecule has 0 amide bonds. The summed E-state index contributed by atoms with van der Waals surface area (Å²) in [7, 11) is 0. The zero-order chi connectivity index (χ0) is 7.28. The molecule has 1 nitrogen and oxygen atoms in total. The molecule has 0 unspecified atom stereocenters. The second-order valence-electron chi connectivity index (χ2n) is 1.59. The molecule has 0 atom stereocenters. The van der Waals surface area contributed by atoms with Crippen molar-refractivity contribution in [2.45, 2.75) is 6.92 Å². The van der Waals surface area contributed by atoms with Gasteiger partial charge in [0, 0.05) is 5.70 Å². The summed E-state index contributed by atoms with van der Waals surface area (Å²) in [6.07, 6.45) is 3.68. The van der Waals surface area contributed by atoms with E-state index in [1.54, 1.807) is 17.8 Å². The van der Waals surface area contributed by atoms with Gasteiger partial charge >= 0.3 is 0 Å². The van der Waals surface area contributed by atoms with Gasteiger partial charge in [-0.2, -0.15) is 0 Å². The second kappa shape index (κ2) is 4.39. The fraction of sp³-hybridized carbons (Fsp3) is 0.286. The Morgan fingerprint density at radius 3 is 2.33 bits per heavy atom. The standard InChI is InChI=1S/C7H11NS/c1-5-7(9-4)8-6(2)3/h5H,1-2H2,3-4H3. The molecule has 0 aliphatic carbocycles. The Balaban J connectivity index is 4.07. The lowest BCUT2D eigenvalue weighted by atomic mass is 10.6. The van der Waals surface area contributed by atoms with Gasteiger partial charge in [-0.15, -0.1) is 11.8 Å². The fourth-order valence-corrected chi connectivity index (χ4v) is 0.777. The highest BCUT2D eigenvalue weighted by Crippen LogP contribution is 2.02. The molecular formula is C7H11NS. The Morgan fingerprint density at radius 2 is 2.22 bits per heavy atom. The quantitative estimate of drug-likeness (QED) is 0.425. The zero-order valence-electron chi connectivity index (χ0n) is 5.85. The van der Waals surface area contributed by atoms with Crippen molar-refractivity contribution < 1.29 is 0 Å². The molecule has 2 heteroatoms. The van der Waals surface area contributed by atoms with Crippen molar-refractivity contribution in [2.75, 3.05) is 6.26 Å². The normalized spacial score (nSPS) is 11.1. The number of thioether (sulfide) groups is 1. The van der Waals surface area contributed by atoms with E-state index in [9.17, 15) is 0 Å². The van der Waals surface area contributed by atoms with Gasteiger partial charge in [0.05, 0.1) is 5.04 Å². The predicted octanol–water partition coefficient (Wildman–Crippen LogP) is 2.47. The fourth-order valence-electron chi connectivity index (χ4n) is 0.363. The summed E-state index contributed by atoms with van der Waals surface area (Å²) >= 11 is 1.57. The Morgan fingerprint density at radius 1 is 1.67 bits per heavy atom. The Labute approximate surface area is 60.6 Å². The minimum Gasteiger partial charge on any atom is -0.247 e. The maximum atomic E-state index is 4.08. The molecular weight excluding hydrogens is 130 g/mol. The van der Waals surface area contributed by atoms with Gasteiger partial charge in [0.2, 0.25) is 0 Å². The van der Waals surface area contributed by atoms with Gasteiger partial charge in [0.15, 0.2) is 0 Å². The molecule has 0 rings (SSSR count). The van der Waals surface area contributed by atoms with Crippen LogP contribution >= 0.6 is 11.8 Å². The molecule has 0 bridgehead atoms. The Kier molecular flexibility index (Phi) is 4.14. The van der Waals surface area contributed by atoms with Crippen LogP contribution in [0.25, 0.3) is 0 Å². The topological polar surface area (TPSA) is 12.4 Å². The van der Waals surface area contributed by atoms with Crippen molar-refractivity contribution >= 4 is 16.8 Å². The van der Waals surface area contributed by atoms with E-state index in [0.29, 0.717) is 0 Å². The lowest BCUT2D eigenvalue weighted by Crippen LogP contribution is -1.82. The minimum absolute atomic E-state index is 0.819. The molecule has 0 saturated carbocycles. The van der Waals surface area contributed by atoms with Gasteiger partial charge in [-0.3, -0.25) is 0 Å². The lowest BCUT2D eigenvalue weighted by Gasteiger charge is -1.92. The molecule has 50 valence electrons. The van der Waals surface area contributed by atoms with E-state index < -0.39 is 0 Å². The van der Waals surface area contributed by atoms with Crippen molar-refractivity contribution in [1.82, 2.24) is 0 Å². The summed E-state index contributed by atoms with van der Waals surface area (Å²) in [5.41, 5.74) is 0.819. The van der Waals surface area contributed by atoms with Crippen LogP contribution in [-0.2, 0) is 0 Å². The first kappa shape index (κ1) is 8.50. The van der Waals surface area contributed by atoms with Crippen molar-refractivity contribution in [1.29, 1.82) is 0 Å². The van der Waals surface area contributed by atoms with E-state index in [1.165, 1.54) is 0 Å². The van der Waals surface area contributed by atoms with Crippen molar-refractivity contribution in [3.8, 4) is 0 Å². The first-order valence-electron chi connectivity index (χ1n) is 2.61. The highest BCUT2D eigenvalue weighted by atomic mass is 32.2. The molecule has 0 aromatic rings. The highest BCUT2D eigenvalue weighted by Gasteiger charge is 1.86. The van der Waals surface area contributed by atoms with E-state index in [2.05, 4.69) is 18.2 Å². The Hall–Kier alpha value is -0.500. The summed E-state index contributed by atoms with van der Waals surface area (Å²) in [4.78, 5) is 4.08. The molecule has 0 aliphatic rings. The van der Waals surface area contributed by atoms with Gasteiger partial charge < -0.3 is 0 Å². The number of aliphatic imine (C=N–C) groups is 1. The molecule has 0 aliphatic heterocycles. The van der Waals surface area contributed by atoms with Crippen molar-refractivity contribution in [3.05, 3.63) is 24.9 Å². The lowest BCUT2D eigenvalue weighted by molar-refractivity contribution is 1.34. The SMILES string of the molecule is C=CC(=NC(=C)C)SC. The largest absolute Gasteiger partial charge is 0.247 e. The highest BCUT2D eigenvalue weighted by molar-refractivity contribution is 8.13. The van der Waals surface area contributed by atoms with Crippen LogP contribution in [0.2, 0.25) is 0 Å². The van der Waals surface area contributed by atoms with Crippen LogP contribution in [0.5, 0.6) is 0 Å². The van der Waals surface area contributed by atoms with Crippen LogP contribution in [0, 0.1) is 0 Å². The Bertz CT molecular complexity index is 147. The molecule has 0 heterocycles. The van der Waals surface area contributed by atoms with Gasteiger partial charge in [-0.05, 0) is 19.3 Å². The summed E-state index contributed by atoms with van der Waals surface area (Å²) in [5.74, 6) is 0. The van der Waals surface area contributed by atoms with Crippen LogP contribution in [0.4, 0.5) is 0 Å². The van der Waals surface area contributed by atoms with E-state index in [1.807, 2.05) is 13.2 Å². The molecule has 0 fully saturated rings. The maximum Gasteiger partial charge on any atom is 0.0954 e. The van der Waals surface area contributed by atoms with Crippen molar-refractivity contribution in [3.63, 3.8) is 0 Å². The number of allylic oxidation sites excluding steroid dienone is 1. The van der Waals surface area contributed by atoms with Crippen molar-refractivity contribution in [2.24, 2.45) is 4.99 Å². The zero-order valence-corrected chi connectivity index (χ0v) is 6.66. The van der Waals surface area contributed by atoms with E-state index in [0.717, 1.165) is 10.7 Å². The molecule has 9 heavy (non-hydrogen) atoms. The molecule has 0 N–H and O–H groups in total. The van der Waals surface area contributed by atoms with Crippen LogP contribution in [0.1, 0.15) is 6.92 Å². The van der Waals surface area contributed by atoms with Crippen LogP contribution < -0.4 is 0 Å². The summed E-state index contributed by atoms with van der Waals surface area (Å²) in [6.45, 7) is 9.10. The van der Waals surface area contributed by atoms with E-state index in [-0.39, 0.29) is 0 Å². The molecule has 0 aromatic carbocycles. The molecule has 0 saturated heterocycles. The summed E-state index contributed by atoms with van der Waals surface area (Å²) in [5, 5.41) is 0.919. The van der Waals surface area contributed by atoms with Gasteiger partial charge in [0.1, 0.15) is 0 Å². The van der Waals surface area contributed by atoms with Crippen LogP contribution in [-0.4, -0.2) is 11.3 Å². The third-order valence-corrected chi connectivity index (χ3v) is 1.36. The average Bonchev–Trinajstić information content (AvgIpc) is 1.82. The number of hydrogen-bond acceptors (Lipinski definition) is 2. The smallest absolute Gasteiger partial charge is 0.0954 e. The molecule has 0 spiro atoms. The molecule has 0 aromatic heterocycles. The maximum absolute atomic E-state index is 4.08. The average molecular weight is 141 g/mol. The third kappa shape index (κ3) is 4.03. The number of hydrogen-bond donors (Lipinski definition) is 0. The second-order valence-corrected chi connectivity index (χ2v) is 2.42. The van der Waals surface area contributed by atoms with E-state index in [4.69, 9.17) is 0 Å². The van der Waals surface area contributed by atoms with Gasteiger partial charge in [-0.1, -0.05) is 13.2 Å². The minimum atomic E-state index is 0.819. The first-order valence-corrected chi connectivity index (χ1v) is 3.83. The van der Waals surface area contributed by atoms with Gasteiger partial charge in [-0.25, -0.2) is 4.99 Å². The number of rotatable bonds is 2. The van der Waals surface area contributed by atoms with Crippen LogP contribution in [0.15, 0.2) is 29.9 Å². The summed E-state index contributed by atoms with van der Waals surface area (Å²) < 4.78 is 0. The summed E-state index contributed by atoms with van der Waals surface area (Å²) in [6, 6.07) is 0. The first-order chi connectivity index (χ1) is 4.20. The van der Waals surface area contributed by atoms with E-state index >= 15 is 0 Å².